The third-order valence-electron chi connectivity index (χ3n) is 4.54. The topological polar surface area (TPSA) is 12.9 Å². The summed E-state index contributed by atoms with van der Waals surface area (Å²) < 4.78 is 13.4. The van der Waals surface area contributed by atoms with Gasteiger partial charge in [0.15, 0.2) is 7.28 Å². The lowest BCUT2D eigenvalue weighted by atomic mass is 9.52. The fourth-order valence-corrected chi connectivity index (χ4v) is 1.85. The van der Waals surface area contributed by atoms with E-state index >= 15 is 0 Å². The van der Waals surface area contributed by atoms with Crippen molar-refractivity contribution in [2.75, 3.05) is 0 Å². The van der Waals surface area contributed by atoms with Gasteiger partial charge in [-0.2, -0.15) is 0 Å². The molecule has 0 atom stereocenters. The van der Waals surface area contributed by atoms with Crippen LogP contribution in [0.3, 0.4) is 0 Å². The van der Waals surface area contributed by atoms with Gasteiger partial charge < -0.3 is 0 Å². The average molecular weight is 274 g/mol. The molecule has 0 N–H and O–H groups in total. The Morgan fingerprint density at radius 3 is 2.40 bits per heavy atom. The van der Waals surface area contributed by atoms with Crippen LogP contribution in [0.5, 0.6) is 0 Å². The molecule has 1 rings (SSSR count). The van der Waals surface area contributed by atoms with Crippen LogP contribution >= 0.6 is 0 Å². The molecular formula is C17H26BFN. The van der Waals surface area contributed by atoms with Crippen molar-refractivity contribution >= 4 is 12.8 Å². The molecule has 0 saturated carbocycles. The van der Waals surface area contributed by atoms with Gasteiger partial charge in [-0.1, -0.05) is 52.5 Å². The lowest BCUT2D eigenvalue weighted by Crippen LogP contribution is -2.30. The van der Waals surface area contributed by atoms with Gasteiger partial charge in [-0.3, -0.25) is 4.98 Å². The van der Waals surface area contributed by atoms with Gasteiger partial charge in [-0.05, 0) is 36.3 Å². The first kappa shape index (κ1) is 16.9. The Kier molecular flexibility index (Phi) is 5.18. The minimum absolute atomic E-state index is 0.177. The highest BCUT2D eigenvalue weighted by atomic mass is 19.1. The molecule has 0 aliphatic heterocycles. The van der Waals surface area contributed by atoms with E-state index in [0.29, 0.717) is 0 Å². The number of hydrogen-bond donors (Lipinski definition) is 0. The average Bonchev–Trinajstić information content (AvgIpc) is 2.32. The molecule has 3 heteroatoms. The first-order valence-electron chi connectivity index (χ1n) is 7.20. The quantitative estimate of drug-likeness (QED) is 0.697. The van der Waals surface area contributed by atoms with E-state index < -0.39 is 0 Å². The number of halogens is 1. The summed E-state index contributed by atoms with van der Waals surface area (Å²) in [6.45, 7) is 15.2. The van der Waals surface area contributed by atoms with E-state index in [9.17, 15) is 4.39 Å². The van der Waals surface area contributed by atoms with E-state index in [-0.39, 0.29) is 16.6 Å². The van der Waals surface area contributed by atoms with Gasteiger partial charge in [0, 0.05) is 5.69 Å². The predicted octanol–water partition coefficient (Wildman–Crippen LogP) is 5.08. The number of hydrogen-bond acceptors (Lipinski definition) is 1. The minimum atomic E-state index is -0.284. The number of allylic oxidation sites excluding steroid dienone is 1. The smallest absolute Gasteiger partial charge is 0.152 e. The fraction of sp³-hybridized carbons (Fsp3) is 0.588. The molecule has 0 aromatic carbocycles. The number of nitrogens with zero attached hydrogens (tertiary/aromatic N) is 1. The first-order chi connectivity index (χ1) is 9.08. The third-order valence-corrected chi connectivity index (χ3v) is 4.54. The molecule has 0 amide bonds. The zero-order valence-electron chi connectivity index (χ0n) is 13.8. The molecule has 1 aromatic heterocycles. The van der Waals surface area contributed by atoms with Crippen LogP contribution < -0.4 is 0 Å². The van der Waals surface area contributed by atoms with Crippen LogP contribution in [0.15, 0.2) is 18.3 Å². The van der Waals surface area contributed by atoms with Gasteiger partial charge in [0.25, 0.3) is 0 Å². The Bertz CT molecular complexity index is 498. The second-order valence-corrected chi connectivity index (χ2v) is 7.07. The van der Waals surface area contributed by atoms with Crippen molar-refractivity contribution < 1.29 is 4.39 Å². The molecular weight excluding hydrogens is 248 g/mol. The standard InChI is InChI=1S/C17H26BFN/c1-8-15(14-9-13(19)10-20-12(14)2)18-11-17(6,7)16(3,4)5/h8-10H,11H2,1-7H3/b15-8+. The van der Waals surface area contributed by atoms with Gasteiger partial charge in [0.2, 0.25) is 0 Å². The van der Waals surface area contributed by atoms with Gasteiger partial charge in [0.1, 0.15) is 5.82 Å². The van der Waals surface area contributed by atoms with Crippen LogP contribution in [0, 0.1) is 23.6 Å². The van der Waals surface area contributed by atoms with Crippen LogP contribution in [-0.4, -0.2) is 12.3 Å². The van der Waals surface area contributed by atoms with E-state index in [4.69, 9.17) is 0 Å². The summed E-state index contributed by atoms with van der Waals surface area (Å²) in [6.07, 6.45) is 4.25. The van der Waals surface area contributed by atoms with Crippen LogP contribution in [0.2, 0.25) is 6.32 Å². The Labute approximate surface area is 123 Å². The summed E-state index contributed by atoms with van der Waals surface area (Å²) in [6, 6.07) is 1.57. The molecule has 0 fully saturated rings. The highest BCUT2D eigenvalue weighted by molar-refractivity contribution is 6.61. The number of rotatable bonds is 4. The van der Waals surface area contributed by atoms with Crippen molar-refractivity contribution in [2.24, 2.45) is 10.8 Å². The van der Waals surface area contributed by atoms with Crippen LogP contribution in [0.25, 0.3) is 5.47 Å². The molecule has 1 heterocycles. The van der Waals surface area contributed by atoms with Gasteiger partial charge >= 0.3 is 0 Å². The van der Waals surface area contributed by atoms with Gasteiger partial charge in [0.05, 0.1) is 6.20 Å². The maximum Gasteiger partial charge on any atom is 0.152 e. The Balaban J connectivity index is 2.93. The molecule has 0 saturated heterocycles. The molecule has 0 spiro atoms. The second kappa shape index (κ2) is 6.11. The first-order valence-corrected chi connectivity index (χ1v) is 7.20. The second-order valence-electron chi connectivity index (χ2n) is 7.07. The van der Waals surface area contributed by atoms with Gasteiger partial charge in [-0.25, -0.2) is 4.39 Å². The van der Waals surface area contributed by atoms with E-state index in [1.807, 2.05) is 19.9 Å². The molecule has 0 unspecified atom stereocenters. The van der Waals surface area contributed by atoms with Crippen LogP contribution in [-0.2, 0) is 0 Å². The summed E-state index contributed by atoms with van der Waals surface area (Å²) >= 11 is 0. The largest absolute Gasteiger partial charge is 0.258 e. The summed E-state index contributed by atoms with van der Waals surface area (Å²) in [5.74, 6) is -0.284. The van der Waals surface area contributed by atoms with E-state index in [1.54, 1.807) is 6.07 Å². The van der Waals surface area contributed by atoms with Crippen molar-refractivity contribution in [2.45, 2.75) is 54.8 Å². The maximum absolute atomic E-state index is 13.4. The van der Waals surface area contributed by atoms with Gasteiger partial charge in [-0.15, -0.1) is 0 Å². The van der Waals surface area contributed by atoms with E-state index in [2.05, 4.69) is 46.9 Å². The Morgan fingerprint density at radius 1 is 1.30 bits per heavy atom. The summed E-state index contributed by atoms with van der Waals surface area (Å²) in [5, 5.41) is 0. The van der Waals surface area contributed by atoms with Crippen molar-refractivity contribution in [3.8, 4) is 0 Å². The highest BCUT2D eigenvalue weighted by Crippen LogP contribution is 2.41. The zero-order valence-corrected chi connectivity index (χ0v) is 13.8. The summed E-state index contributed by atoms with van der Waals surface area (Å²) in [7, 11) is 2.20. The van der Waals surface area contributed by atoms with Crippen molar-refractivity contribution in [1.29, 1.82) is 0 Å². The maximum atomic E-state index is 13.4. The predicted molar refractivity (Wildman–Crippen MR) is 86.4 cm³/mol. The Hall–Kier alpha value is -1.12. The number of pyridine rings is 1. The minimum Gasteiger partial charge on any atom is -0.258 e. The lowest BCUT2D eigenvalue weighted by molar-refractivity contribution is 0.157. The summed E-state index contributed by atoms with van der Waals surface area (Å²) in [4.78, 5) is 4.10. The van der Waals surface area contributed by atoms with E-state index in [1.165, 1.54) is 6.20 Å². The molecule has 20 heavy (non-hydrogen) atoms. The number of aryl methyl sites for hydroxylation is 1. The number of aromatic nitrogens is 1. The van der Waals surface area contributed by atoms with Crippen molar-refractivity contribution in [1.82, 2.24) is 4.98 Å². The highest BCUT2D eigenvalue weighted by Gasteiger charge is 2.32. The SMILES string of the molecule is C/C=C(/[B]CC(C)(C)C(C)(C)C)c1cc(F)cnc1C. The summed E-state index contributed by atoms with van der Waals surface area (Å²) in [5.41, 5.74) is 3.21. The molecule has 109 valence electrons. The zero-order chi connectivity index (χ0) is 15.6. The molecule has 0 aliphatic rings. The molecule has 0 bridgehead atoms. The van der Waals surface area contributed by atoms with Crippen molar-refractivity contribution in [3.63, 3.8) is 0 Å². The van der Waals surface area contributed by atoms with Crippen LogP contribution in [0.4, 0.5) is 4.39 Å². The van der Waals surface area contributed by atoms with Crippen LogP contribution in [0.1, 0.15) is 52.8 Å². The molecule has 1 radical (unpaired) electrons. The Morgan fingerprint density at radius 2 is 1.90 bits per heavy atom. The van der Waals surface area contributed by atoms with E-state index in [0.717, 1.165) is 23.1 Å². The van der Waals surface area contributed by atoms with Crippen molar-refractivity contribution in [3.05, 3.63) is 35.4 Å². The third kappa shape index (κ3) is 3.94. The molecule has 0 aliphatic carbocycles. The monoisotopic (exact) mass is 274 g/mol. The lowest BCUT2D eigenvalue weighted by Gasteiger charge is -2.39. The fourth-order valence-electron chi connectivity index (χ4n) is 1.85. The normalized spacial score (nSPS) is 13.5. The molecule has 1 nitrogen and oxygen atoms in total. The molecule has 1 aromatic rings.